The predicted molar refractivity (Wildman–Crippen MR) is 277 cm³/mol. The van der Waals surface area contributed by atoms with Crippen molar-refractivity contribution in [1.29, 1.82) is 0 Å². The van der Waals surface area contributed by atoms with Crippen molar-refractivity contribution in [2.45, 2.75) is 24.7 Å². The quantitative estimate of drug-likeness (QED) is 0.166. The zero-order chi connectivity index (χ0) is 44.4. The van der Waals surface area contributed by atoms with Gasteiger partial charge >= 0.3 is 0 Å². The Morgan fingerprint density at radius 2 is 0.821 bits per heavy atom. The van der Waals surface area contributed by atoms with Gasteiger partial charge in [-0.2, -0.15) is 0 Å². The van der Waals surface area contributed by atoms with Crippen molar-refractivity contribution in [3.05, 3.63) is 264 Å². The normalized spacial score (nSPS) is 15.5. The Bertz CT molecular complexity index is 3810. The Morgan fingerprint density at radius 1 is 0.328 bits per heavy atom. The second-order valence-electron chi connectivity index (χ2n) is 18.8. The van der Waals surface area contributed by atoms with E-state index in [0.29, 0.717) is 0 Å². The molecule has 3 heteroatoms. The van der Waals surface area contributed by atoms with Gasteiger partial charge in [0.15, 0.2) is 5.58 Å². The average Bonchev–Trinajstić information content (AvgIpc) is 4.07. The van der Waals surface area contributed by atoms with Crippen LogP contribution in [0.15, 0.2) is 235 Å². The molecule has 0 N–H and O–H groups in total. The maximum atomic E-state index is 6.80. The Labute approximate surface area is 390 Å². The Hall–Kier alpha value is -8.40. The molecule has 0 radical (unpaired) electrons. The van der Waals surface area contributed by atoms with Crippen molar-refractivity contribution in [3.8, 4) is 33.4 Å². The van der Waals surface area contributed by atoms with E-state index in [2.05, 4.69) is 248 Å². The van der Waals surface area contributed by atoms with Crippen LogP contribution in [0.5, 0.6) is 0 Å². The fourth-order valence-corrected chi connectivity index (χ4v) is 12.2. The van der Waals surface area contributed by atoms with E-state index in [0.717, 1.165) is 56.1 Å². The Kier molecular flexibility index (Phi) is 7.95. The maximum Gasteiger partial charge on any atom is 0.159 e. The van der Waals surface area contributed by atoms with Gasteiger partial charge in [0.1, 0.15) is 5.58 Å². The van der Waals surface area contributed by atoms with Crippen LogP contribution in [0.3, 0.4) is 0 Å². The number of hydrogen-bond donors (Lipinski definition) is 0. The molecule has 1 unspecified atom stereocenters. The first-order valence-electron chi connectivity index (χ1n) is 23.3. The van der Waals surface area contributed by atoms with Crippen LogP contribution in [0.4, 0.5) is 34.1 Å². The van der Waals surface area contributed by atoms with Gasteiger partial charge in [-0.15, -0.1) is 0 Å². The number of furan rings is 1. The minimum Gasteiger partial charge on any atom is -0.454 e. The number of anilines is 6. The Morgan fingerprint density at radius 3 is 1.55 bits per heavy atom. The maximum absolute atomic E-state index is 6.80. The van der Waals surface area contributed by atoms with Gasteiger partial charge in [0.2, 0.25) is 0 Å². The van der Waals surface area contributed by atoms with Gasteiger partial charge in [0, 0.05) is 44.5 Å². The van der Waals surface area contributed by atoms with E-state index in [1.165, 1.54) is 66.8 Å². The van der Waals surface area contributed by atoms with Crippen LogP contribution >= 0.6 is 0 Å². The Balaban J connectivity index is 1.02. The first-order chi connectivity index (χ1) is 33.0. The molecule has 0 aliphatic heterocycles. The highest BCUT2D eigenvalue weighted by molar-refractivity contribution is 6.11. The number of para-hydroxylation sites is 4. The van der Waals surface area contributed by atoms with Crippen LogP contribution in [0, 0.1) is 0 Å². The van der Waals surface area contributed by atoms with Gasteiger partial charge in [-0.05, 0) is 128 Å². The molecule has 10 aromatic carbocycles. The van der Waals surface area contributed by atoms with E-state index in [4.69, 9.17) is 4.42 Å². The number of hydrogen-bond acceptors (Lipinski definition) is 3. The summed E-state index contributed by atoms with van der Waals surface area (Å²) in [5, 5.41) is 2.22. The van der Waals surface area contributed by atoms with Gasteiger partial charge in [-0.3, -0.25) is 0 Å². The molecule has 3 nitrogen and oxygen atoms in total. The summed E-state index contributed by atoms with van der Waals surface area (Å²) < 4.78 is 6.80. The molecular formula is C64H44N2O. The lowest BCUT2D eigenvalue weighted by molar-refractivity contribution is 0.660. The standard InChI is InChI=1S/C64H44N2O/c1-63(2)52-28-13-9-23-45(52)47-37-35-43(39-56(47)63)65(41-19-5-3-6-20-41)44-36-38-48-46-24-10-14-29-53(46)64(57(48)40-44)54-30-15-11-26-51(54)61-55(64)31-18-32-58(61)66(42-21-7-4-8-22-42)59-33-17-27-50-49-25-12-16-34-60(49)67-62(50)59/h3-40H,1-2H3. The highest BCUT2D eigenvalue weighted by Crippen LogP contribution is 2.65. The lowest BCUT2D eigenvalue weighted by atomic mass is 9.70. The number of fused-ring (bicyclic) bond motifs is 16. The fraction of sp³-hybridized carbons (Fsp3) is 0.0625. The summed E-state index contributed by atoms with van der Waals surface area (Å²) in [5.74, 6) is 0. The lowest BCUT2D eigenvalue weighted by Crippen LogP contribution is -2.26. The first-order valence-corrected chi connectivity index (χ1v) is 23.3. The zero-order valence-electron chi connectivity index (χ0n) is 37.2. The average molecular weight is 857 g/mol. The van der Waals surface area contributed by atoms with Crippen molar-refractivity contribution in [3.63, 3.8) is 0 Å². The molecule has 316 valence electrons. The molecule has 1 atom stereocenters. The monoisotopic (exact) mass is 856 g/mol. The van der Waals surface area contributed by atoms with Crippen molar-refractivity contribution >= 4 is 56.1 Å². The fourth-order valence-electron chi connectivity index (χ4n) is 12.2. The molecule has 0 bridgehead atoms. The molecule has 3 aliphatic rings. The highest BCUT2D eigenvalue weighted by Gasteiger charge is 2.53. The third-order valence-corrected chi connectivity index (χ3v) is 15.1. The van der Waals surface area contributed by atoms with E-state index >= 15 is 0 Å². The molecular weight excluding hydrogens is 813 g/mol. The van der Waals surface area contributed by atoms with Gasteiger partial charge in [0.05, 0.1) is 16.8 Å². The third kappa shape index (κ3) is 5.17. The van der Waals surface area contributed by atoms with Gasteiger partial charge in [-0.25, -0.2) is 0 Å². The number of benzene rings is 10. The van der Waals surface area contributed by atoms with Crippen molar-refractivity contribution in [2.24, 2.45) is 0 Å². The third-order valence-electron chi connectivity index (χ3n) is 15.1. The molecule has 0 amide bonds. The molecule has 1 spiro atoms. The van der Waals surface area contributed by atoms with Gasteiger partial charge in [0.25, 0.3) is 0 Å². The van der Waals surface area contributed by atoms with Gasteiger partial charge in [-0.1, -0.05) is 178 Å². The molecule has 0 saturated carbocycles. The minimum absolute atomic E-state index is 0.132. The largest absolute Gasteiger partial charge is 0.454 e. The van der Waals surface area contributed by atoms with E-state index in [1.807, 2.05) is 6.07 Å². The van der Waals surface area contributed by atoms with Crippen molar-refractivity contribution < 1.29 is 4.42 Å². The first kappa shape index (κ1) is 37.9. The smallest absolute Gasteiger partial charge is 0.159 e. The molecule has 1 aromatic heterocycles. The zero-order valence-corrected chi connectivity index (χ0v) is 37.2. The van der Waals surface area contributed by atoms with Crippen LogP contribution < -0.4 is 9.80 Å². The number of rotatable bonds is 6. The van der Waals surface area contributed by atoms with Crippen molar-refractivity contribution in [2.75, 3.05) is 9.80 Å². The summed E-state index contributed by atoms with van der Waals surface area (Å²) in [5.41, 5.74) is 23.1. The lowest BCUT2D eigenvalue weighted by Gasteiger charge is -2.33. The summed E-state index contributed by atoms with van der Waals surface area (Å²) in [6.45, 7) is 4.73. The molecule has 11 aromatic rings. The molecule has 67 heavy (non-hydrogen) atoms. The van der Waals surface area contributed by atoms with Crippen molar-refractivity contribution in [1.82, 2.24) is 0 Å². The van der Waals surface area contributed by atoms with E-state index in [1.54, 1.807) is 0 Å². The number of nitrogens with zero attached hydrogens (tertiary/aromatic N) is 2. The molecule has 0 fully saturated rings. The SMILES string of the molecule is CC1(C)c2ccccc2-c2ccc(N(c3ccccc3)c3ccc4c(c3)C3(c5ccccc5-4)c4ccccc4-c4c(N(c5ccccc5)c5cccc6c5oc5ccccc56)cccc43)cc21. The highest BCUT2D eigenvalue weighted by atomic mass is 16.3. The molecule has 0 saturated heterocycles. The second kappa shape index (κ2) is 14.1. The van der Waals surface area contributed by atoms with E-state index in [-0.39, 0.29) is 5.41 Å². The topological polar surface area (TPSA) is 19.6 Å². The summed E-state index contributed by atoms with van der Waals surface area (Å²) in [4.78, 5) is 4.88. The second-order valence-corrected chi connectivity index (χ2v) is 18.8. The van der Waals surface area contributed by atoms with Crippen LogP contribution in [-0.2, 0) is 10.8 Å². The summed E-state index contributed by atoms with van der Waals surface area (Å²) >= 11 is 0. The minimum atomic E-state index is -0.596. The molecule has 1 heterocycles. The summed E-state index contributed by atoms with van der Waals surface area (Å²) in [6, 6.07) is 84.9. The summed E-state index contributed by atoms with van der Waals surface area (Å²) in [7, 11) is 0. The molecule has 14 rings (SSSR count). The van der Waals surface area contributed by atoms with Crippen LogP contribution in [0.25, 0.3) is 55.3 Å². The van der Waals surface area contributed by atoms with E-state index < -0.39 is 5.41 Å². The van der Waals surface area contributed by atoms with Crippen LogP contribution in [0.1, 0.15) is 47.2 Å². The predicted octanol–water partition coefficient (Wildman–Crippen LogP) is 17.2. The summed E-state index contributed by atoms with van der Waals surface area (Å²) in [6.07, 6.45) is 0. The van der Waals surface area contributed by atoms with Crippen LogP contribution in [-0.4, -0.2) is 0 Å². The molecule has 3 aliphatic carbocycles. The van der Waals surface area contributed by atoms with Crippen LogP contribution in [0.2, 0.25) is 0 Å². The van der Waals surface area contributed by atoms with Gasteiger partial charge < -0.3 is 14.2 Å². The van der Waals surface area contributed by atoms with E-state index in [9.17, 15) is 0 Å².